The van der Waals surface area contributed by atoms with Gasteiger partial charge in [-0.05, 0) is 19.4 Å². The van der Waals surface area contributed by atoms with Crippen LogP contribution in [0.2, 0.25) is 0 Å². The average molecular weight is 202 g/mol. The van der Waals surface area contributed by atoms with Crippen molar-refractivity contribution in [3.8, 4) is 0 Å². The Hall–Kier alpha value is -1.61. The number of carbonyl (C=O) groups is 1. The number of Topliss-reactive ketones (excluding diaryl/α,β-unsaturated/α-hetero) is 1. The van der Waals surface area contributed by atoms with Crippen molar-refractivity contribution in [1.29, 1.82) is 0 Å². The van der Waals surface area contributed by atoms with Crippen LogP contribution in [-0.4, -0.2) is 16.8 Å². The summed E-state index contributed by atoms with van der Waals surface area (Å²) in [7, 11) is 0. The summed E-state index contributed by atoms with van der Waals surface area (Å²) in [5, 5.41) is 0.956. The molecule has 1 atom stereocenters. The van der Waals surface area contributed by atoms with Crippen LogP contribution in [0.15, 0.2) is 24.4 Å². The molecule has 1 aromatic heterocycles. The van der Waals surface area contributed by atoms with Crippen LogP contribution in [0.25, 0.3) is 10.9 Å². The molecule has 0 fully saturated rings. The number of hydrogen-bond acceptors (Lipinski definition) is 2. The minimum absolute atomic E-state index is 0.0214. The number of para-hydroxylation sites is 1. The van der Waals surface area contributed by atoms with Crippen molar-refractivity contribution in [3.63, 3.8) is 0 Å². The fourth-order valence-electron chi connectivity index (χ4n) is 1.76. The third-order valence-corrected chi connectivity index (χ3v) is 2.60. The van der Waals surface area contributed by atoms with Gasteiger partial charge >= 0.3 is 0 Å². The van der Waals surface area contributed by atoms with Crippen LogP contribution in [0.5, 0.6) is 0 Å². The van der Waals surface area contributed by atoms with E-state index in [4.69, 9.17) is 5.73 Å². The first-order valence-electron chi connectivity index (χ1n) is 4.97. The van der Waals surface area contributed by atoms with Gasteiger partial charge in [-0.3, -0.25) is 4.79 Å². The van der Waals surface area contributed by atoms with E-state index < -0.39 is 6.04 Å². The van der Waals surface area contributed by atoms with E-state index in [-0.39, 0.29) is 5.78 Å². The highest BCUT2D eigenvalue weighted by Gasteiger charge is 2.15. The summed E-state index contributed by atoms with van der Waals surface area (Å²) in [6.07, 6.45) is 1.74. The second kappa shape index (κ2) is 3.51. The minimum Gasteiger partial charge on any atom is -0.360 e. The largest absolute Gasteiger partial charge is 0.360 e. The van der Waals surface area contributed by atoms with Gasteiger partial charge in [0.15, 0.2) is 5.78 Å². The fraction of sp³-hybridized carbons (Fsp3) is 0.250. The molecule has 15 heavy (non-hydrogen) atoms. The number of hydrogen-bond donors (Lipinski definition) is 2. The summed E-state index contributed by atoms with van der Waals surface area (Å²) in [6.45, 7) is 3.72. The van der Waals surface area contributed by atoms with Crippen LogP contribution in [-0.2, 0) is 0 Å². The second-order valence-corrected chi connectivity index (χ2v) is 3.85. The number of aryl methyl sites for hydroxylation is 1. The van der Waals surface area contributed by atoms with Gasteiger partial charge in [0.25, 0.3) is 0 Å². The number of nitrogens with one attached hydrogen (secondary N) is 1. The number of aromatic amines is 1. The number of rotatable bonds is 2. The zero-order chi connectivity index (χ0) is 11.0. The molecule has 0 spiro atoms. The fourth-order valence-corrected chi connectivity index (χ4v) is 1.76. The topological polar surface area (TPSA) is 58.9 Å². The SMILES string of the molecule is Cc1cccc2c(C(=O)C(C)N)c[nH]c12. The van der Waals surface area contributed by atoms with Gasteiger partial charge in [-0.2, -0.15) is 0 Å². The van der Waals surface area contributed by atoms with Crippen molar-refractivity contribution in [3.05, 3.63) is 35.5 Å². The highest BCUT2D eigenvalue weighted by molar-refractivity contribution is 6.10. The molecule has 3 heteroatoms. The zero-order valence-electron chi connectivity index (χ0n) is 8.87. The molecule has 0 saturated heterocycles. The first kappa shape index (κ1) is 9.93. The van der Waals surface area contributed by atoms with Crippen molar-refractivity contribution in [2.75, 3.05) is 0 Å². The normalized spacial score (nSPS) is 13.0. The molecule has 0 bridgehead atoms. The van der Waals surface area contributed by atoms with Crippen LogP contribution in [0.3, 0.4) is 0 Å². The van der Waals surface area contributed by atoms with Crippen molar-refractivity contribution < 1.29 is 4.79 Å². The van der Waals surface area contributed by atoms with E-state index in [0.717, 1.165) is 16.5 Å². The third kappa shape index (κ3) is 1.55. The number of fused-ring (bicyclic) bond motifs is 1. The Labute approximate surface area is 88.3 Å². The molecule has 0 amide bonds. The lowest BCUT2D eigenvalue weighted by Crippen LogP contribution is -2.26. The van der Waals surface area contributed by atoms with Crippen LogP contribution < -0.4 is 5.73 Å². The Bertz CT molecular complexity index is 511. The van der Waals surface area contributed by atoms with Crippen molar-refractivity contribution in [2.24, 2.45) is 5.73 Å². The number of ketones is 1. The number of benzene rings is 1. The lowest BCUT2D eigenvalue weighted by atomic mass is 10.0. The monoisotopic (exact) mass is 202 g/mol. The van der Waals surface area contributed by atoms with Gasteiger partial charge in [-0.25, -0.2) is 0 Å². The molecule has 1 unspecified atom stereocenters. The van der Waals surface area contributed by atoms with E-state index in [1.165, 1.54) is 0 Å². The smallest absolute Gasteiger partial charge is 0.181 e. The summed E-state index contributed by atoms with van der Waals surface area (Å²) in [4.78, 5) is 14.9. The number of aromatic nitrogens is 1. The van der Waals surface area contributed by atoms with Gasteiger partial charge in [-0.15, -0.1) is 0 Å². The molecule has 3 N–H and O–H groups in total. The predicted molar refractivity (Wildman–Crippen MR) is 61.0 cm³/mol. The highest BCUT2D eigenvalue weighted by Crippen LogP contribution is 2.21. The Morgan fingerprint density at radius 1 is 1.47 bits per heavy atom. The van der Waals surface area contributed by atoms with Crippen LogP contribution in [0, 0.1) is 6.92 Å². The zero-order valence-corrected chi connectivity index (χ0v) is 8.87. The maximum absolute atomic E-state index is 11.8. The van der Waals surface area contributed by atoms with E-state index in [1.54, 1.807) is 13.1 Å². The number of nitrogens with two attached hydrogens (primary N) is 1. The van der Waals surface area contributed by atoms with E-state index >= 15 is 0 Å². The summed E-state index contributed by atoms with van der Waals surface area (Å²) in [5.41, 5.74) is 8.43. The van der Waals surface area contributed by atoms with Crippen LogP contribution >= 0.6 is 0 Å². The highest BCUT2D eigenvalue weighted by atomic mass is 16.1. The maximum atomic E-state index is 11.8. The van der Waals surface area contributed by atoms with Gasteiger partial charge in [0.05, 0.1) is 6.04 Å². The molecule has 0 saturated carbocycles. The van der Waals surface area contributed by atoms with Crippen LogP contribution in [0.1, 0.15) is 22.8 Å². The first-order chi connectivity index (χ1) is 7.11. The quantitative estimate of drug-likeness (QED) is 0.732. The lowest BCUT2D eigenvalue weighted by molar-refractivity contribution is 0.0969. The molecule has 0 aliphatic rings. The molecule has 3 nitrogen and oxygen atoms in total. The summed E-state index contributed by atoms with van der Waals surface area (Å²) in [5.74, 6) is -0.0214. The Morgan fingerprint density at radius 3 is 2.87 bits per heavy atom. The van der Waals surface area contributed by atoms with E-state index in [0.29, 0.717) is 5.56 Å². The minimum atomic E-state index is -0.454. The average Bonchev–Trinajstić information content (AvgIpc) is 2.61. The molecule has 1 aromatic carbocycles. The van der Waals surface area contributed by atoms with Gasteiger partial charge < -0.3 is 10.7 Å². The molecule has 0 aliphatic heterocycles. The molecule has 0 radical (unpaired) electrons. The van der Waals surface area contributed by atoms with E-state index in [9.17, 15) is 4.79 Å². The molecule has 0 aliphatic carbocycles. The standard InChI is InChI=1S/C12H14N2O/c1-7-4-3-5-9-10(6-14-11(7)9)12(15)8(2)13/h3-6,8,14H,13H2,1-2H3. The summed E-state index contributed by atoms with van der Waals surface area (Å²) < 4.78 is 0. The van der Waals surface area contributed by atoms with Gasteiger partial charge in [0.1, 0.15) is 0 Å². The van der Waals surface area contributed by atoms with Gasteiger partial charge in [0, 0.05) is 22.7 Å². The number of carbonyl (C=O) groups excluding carboxylic acids is 1. The van der Waals surface area contributed by atoms with Gasteiger partial charge in [0.2, 0.25) is 0 Å². The molecule has 2 aromatic rings. The lowest BCUT2D eigenvalue weighted by Gasteiger charge is -2.02. The molecular formula is C12H14N2O. The number of H-pyrrole nitrogens is 1. The van der Waals surface area contributed by atoms with Crippen LogP contribution in [0.4, 0.5) is 0 Å². The molecular weight excluding hydrogens is 188 g/mol. The van der Waals surface area contributed by atoms with Crippen molar-refractivity contribution >= 4 is 16.7 Å². The Morgan fingerprint density at radius 2 is 2.20 bits per heavy atom. The maximum Gasteiger partial charge on any atom is 0.181 e. The van der Waals surface area contributed by atoms with E-state index in [1.807, 2.05) is 25.1 Å². The third-order valence-electron chi connectivity index (χ3n) is 2.60. The molecule has 1 heterocycles. The van der Waals surface area contributed by atoms with E-state index in [2.05, 4.69) is 4.98 Å². The first-order valence-corrected chi connectivity index (χ1v) is 4.97. The summed E-state index contributed by atoms with van der Waals surface area (Å²) >= 11 is 0. The van der Waals surface area contributed by atoms with Crippen molar-refractivity contribution in [2.45, 2.75) is 19.9 Å². The van der Waals surface area contributed by atoms with Crippen molar-refractivity contribution in [1.82, 2.24) is 4.98 Å². The summed E-state index contributed by atoms with van der Waals surface area (Å²) in [6, 6.07) is 5.45. The van der Waals surface area contributed by atoms with Gasteiger partial charge in [-0.1, -0.05) is 18.2 Å². The Balaban J connectivity index is 2.64. The molecule has 78 valence electrons. The Kier molecular flexibility index (Phi) is 2.32. The predicted octanol–water partition coefficient (Wildman–Crippen LogP) is 2.01. The molecule has 2 rings (SSSR count). The second-order valence-electron chi connectivity index (χ2n) is 3.85.